The van der Waals surface area contributed by atoms with E-state index in [9.17, 15) is 4.79 Å². The number of carbonyl (C=O) groups excluding carboxylic acids is 1. The van der Waals surface area contributed by atoms with Crippen LogP contribution in [0, 0.1) is 6.92 Å². The minimum Gasteiger partial charge on any atom is -0.352 e. The van der Waals surface area contributed by atoms with E-state index in [1.165, 1.54) is 0 Å². The number of benzene rings is 1. The third-order valence-corrected chi connectivity index (χ3v) is 2.98. The lowest BCUT2D eigenvalue weighted by Crippen LogP contribution is -2.25. The Balaban J connectivity index is 1.92. The van der Waals surface area contributed by atoms with Gasteiger partial charge in [-0.15, -0.1) is 0 Å². The number of nitrogens with one attached hydrogen (secondary N) is 2. The van der Waals surface area contributed by atoms with Gasteiger partial charge in [0.2, 0.25) is 5.91 Å². The Morgan fingerprint density at radius 2 is 2.32 bits per heavy atom. The molecule has 4 N–H and O–H groups in total. The van der Waals surface area contributed by atoms with Crippen LogP contribution in [0.1, 0.15) is 31.2 Å². The summed E-state index contributed by atoms with van der Waals surface area (Å²) < 4.78 is 0. The van der Waals surface area contributed by atoms with Crippen LogP contribution in [-0.4, -0.2) is 21.9 Å². The van der Waals surface area contributed by atoms with Crippen molar-refractivity contribution in [2.75, 3.05) is 0 Å². The molecule has 2 rings (SSSR count). The molecular formula is C14H20N4O. The molecule has 1 aromatic heterocycles. The highest BCUT2D eigenvalue weighted by atomic mass is 16.1. The number of nitrogens with two attached hydrogens (primary N) is 1. The van der Waals surface area contributed by atoms with Gasteiger partial charge in [0.25, 0.3) is 0 Å². The number of amides is 1. The molecule has 19 heavy (non-hydrogen) atoms. The summed E-state index contributed by atoms with van der Waals surface area (Å²) in [5, 5.41) is 2.90. The fraction of sp³-hybridized carbons (Fsp3) is 0.429. The van der Waals surface area contributed by atoms with Crippen LogP contribution in [0.15, 0.2) is 18.2 Å². The zero-order valence-corrected chi connectivity index (χ0v) is 11.4. The number of hydrogen-bond donors (Lipinski definition) is 3. The van der Waals surface area contributed by atoms with E-state index >= 15 is 0 Å². The number of carbonyl (C=O) groups is 1. The highest BCUT2D eigenvalue weighted by Crippen LogP contribution is 2.13. The van der Waals surface area contributed by atoms with E-state index in [2.05, 4.69) is 15.3 Å². The quantitative estimate of drug-likeness (QED) is 0.763. The van der Waals surface area contributed by atoms with E-state index in [1.807, 2.05) is 32.0 Å². The van der Waals surface area contributed by atoms with E-state index in [-0.39, 0.29) is 11.9 Å². The summed E-state index contributed by atoms with van der Waals surface area (Å²) in [6.45, 7) is 4.36. The van der Waals surface area contributed by atoms with Gasteiger partial charge < -0.3 is 16.0 Å². The van der Waals surface area contributed by atoms with Gasteiger partial charge in [-0.05, 0) is 38.0 Å². The number of nitrogens with zero attached hydrogens (tertiary/aromatic N) is 1. The zero-order valence-electron chi connectivity index (χ0n) is 11.4. The maximum atomic E-state index is 11.6. The minimum absolute atomic E-state index is 0.0400. The van der Waals surface area contributed by atoms with Gasteiger partial charge in [0, 0.05) is 19.0 Å². The lowest BCUT2D eigenvalue weighted by Gasteiger charge is -2.07. The van der Waals surface area contributed by atoms with Gasteiger partial charge in [0.05, 0.1) is 11.0 Å². The van der Waals surface area contributed by atoms with Crippen LogP contribution in [0.3, 0.4) is 0 Å². The predicted molar refractivity (Wildman–Crippen MR) is 75.6 cm³/mol. The second-order valence-electron chi connectivity index (χ2n) is 4.97. The highest BCUT2D eigenvalue weighted by Gasteiger charge is 2.05. The molecule has 5 heteroatoms. The second kappa shape index (κ2) is 5.84. The Hall–Kier alpha value is -1.88. The summed E-state index contributed by atoms with van der Waals surface area (Å²) in [6.07, 6.45) is 1.19. The van der Waals surface area contributed by atoms with Crippen LogP contribution in [0.5, 0.6) is 0 Å². The van der Waals surface area contributed by atoms with Crippen LogP contribution in [0.25, 0.3) is 11.0 Å². The van der Waals surface area contributed by atoms with Crippen molar-refractivity contribution < 1.29 is 4.79 Å². The van der Waals surface area contributed by atoms with E-state index in [1.54, 1.807) is 0 Å². The zero-order chi connectivity index (χ0) is 13.8. The van der Waals surface area contributed by atoms with Crippen LogP contribution in [0.4, 0.5) is 0 Å². The highest BCUT2D eigenvalue weighted by molar-refractivity contribution is 5.77. The van der Waals surface area contributed by atoms with Crippen molar-refractivity contribution in [1.82, 2.24) is 15.3 Å². The Bertz CT molecular complexity index is 574. The van der Waals surface area contributed by atoms with Crippen molar-refractivity contribution in [2.24, 2.45) is 5.73 Å². The Morgan fingerprint density at radius 3 is 3.05 bits per heavy atom. The summed E-state index contributed by atoms with van der Waals surface area (Å²) in [4.78, 5) is 19.1. The summed E-state index contributed by atoms with van der Waals surface area (Å²) in [5.74, 6) is 0.936. The number of H-pyrrole nitrogens is 1. The van der Waals surface area contributed by atoms with Gasteiger partial charge in [0.15, 0.2) is 0 Å². The smallest absolute Gasteiger partial charge is 0.220 e. The molecule has 102 valence electrons. The summed E-state index contributed by atoms with van der Waals surface area (Å²) in [5.41, 5.74) is 8.63. The van der Waals surface area contributed by atoms with Crippen LogP contribution in [-0.2, 0) is 11.3 Å². The van der Waals surface area contributed by atoms with Crippen molar-refractivity contribution in [3.05, 3.63) is 29.6 Å². The first-order chi connectivity index (χ1) is 9.04. The summed E-state index contributed by atoms with van der Waals surface area (Å²) >= 11 is 0. The van der Waals surface area contributed by atoms with Gasteiger partial charge in [-0.3, -0.25) is 4.79 Å². The molecule has 0 radical (unpaired) electrons. The Kier molecular flexibility index (Phi) is 4.16. The average Bonchev–Trinajstić information content (AvgIpc) is 2.73. The van der Waals surface area contributed by atoms with Gasteiger partial charge in [-0.1, -0.05) is 6.07 Å². The topological polar surface area (TPSA) is 83.8 Å². The maximum absolute atomic E-state index is 11.6. The minimum atomic E-state index is 0.0400. The molecule has 0 aliphatic carbocycles. The molecular weight excluding hydrogens is 240 g/mol. The standard InChI is InChI=1S/C14H20N4O/c1-9(15)3-6-14(19)16-8-11-4-5-12-13(7-11)18-10(2)17-12/h4-5,7,9H,3,6,8,15H2,1-2H3,(H,16,19)(H,17,18). The monoisotopic (exact) mass is 260 g/mol. The van der Waals surface area contributed by atoms with E-state index in [0.29, 0.717) is 19.4 Å². The first-order valence-corrected chi connectivity index (χ1v) is 6.52. The third kappa shape index (κ3) is 3.79. The van der Waals surface area contributed by atoms with Crippen molar-refractivity contribution in [2.45, 2.75) is 39.3 Å². The molecule has 5 nitrogen and oxygen atoms in total. The first-order valence-electron chi connectivity index (χ1n) is 6.52. The first kappa shape index (κ1) is 13.5. The van der Waals surface area contributed by atoms with Gasteiger partial charge in [-0.2, -0.15) is 0 Å². The molecule has 0 aliphatic heterocycles. The van der Waals surface area contributed by atoms with Crippen molar-refractivity contribution in [3.63, 3.8) is 0 Å². The summed E-state index contributed by atoms with van der Waals surface area (Å²) in [7, 11) is 0. The fourth-order valence-corrected chi connectivity index (χ4v) is 1.94. The molecule has 0 aliphatic rings. The van der Waals surface area contributed by atoms with Gasteiger partial charge in [-0.25, -0.2) is 4.98 Å². The molecule has 1 aromatic carbocycles. The lowest BCUT2D eigenvalue weighted by atomic mass is 10.1. The number of hydrogen-bond acceptors (Lipinski definition) is 3. The molecule has 0 fully saturated rings. The van der Waals surface area contributed by atoms with E-state index in [0.717, 1.165) is 22.4 Å². The molecule has 0 bridgehead atoms. The molecule has 0 saturated carbocycles. The number of aromatic amines is 1. The van der Waals surface area contributed by atoms with Crippen LogP contribution < -0.4 is 11.1 Å². The van der Waals surface area contributed by atoms with Gasteiger partial charge >= 0.3 is 0 Å². The van der Waals surface area contributed by atoms with Crippen LogP contribution >= 0.6 is 0 Å². The predicted octanol–water partition coefficient (Wildman–Crippen LogP) is 1.61. The SMILES string of the molecule is Cc1nc2ccc(CNC(=O)CCC(C)N)cc2[nH]1. The lowest BCUT2D eigenvalue weighted by molar-refractivity contribution is -0.121. The fourth-order valence-electron chi connectivity index (χ4n) is 1.94. The molecule has 1 atom stereocenters. The maximum Gasteiger partial charge on any atom is 0.220 e. The Morgan fingerprint density at radius 1 is 1.53 bits per heavy atom. The van der Waals surface area contributed by atoms with Crippen LogP contribution in [0.2, 0.25) is 0 Å². The van der Waals surface area contributed by atoms with E-state index < -0.39 is 0 Å². The number of imidazole rings is 1. The molecule has 0 saturated heterocycles. The number of aryl methyl sites for hydroxylation is 1. The average molecular weight is 260 g/mol. The van der Waals surface area contributed by atoms with E-state index in [4.69, 9.17) is 5.73 Å². The summed E-state index contributed by atoms with van der Waals surface area (Å²) in [6, 6.07) is 6.02. The molecule has 0 spiro atoms. The number of fused-ring (bicyclic) bond motifs is 1. The van der Waals surface area contributed by atoms with Gasteiger partial charge in [0.1, 0.15) is 5.82 Å². The molecule has 1 heterocycles. The molecule has 1 amide bonds. The van der Waals surface area contributed by atoms with Crippen molar-refractivity contribution in [3.8, 4) is 0 Å². The molecule has 1 unspecified atom stereocenters. The number of aromatic nitrogens is 2. The normalized spacial score (nSPS) is 12.6. The molecule has 2 aromatic rings. The third-order valence-electron chi connectivity index (χ3n) is 2.98. The number of rotatable bonds is 5. The van der Waals surface area contributed by atoms with Crippen molar-refractivity contribution >= 4 is 16.9 Å². The van der Waals surface area contributed by atoms with Crippen molar-refractivity contribution in [1.29, 1.82) is 0 Å². The Labute approximate surface area is 112 Å². The largest absolute Gasteiger partial charge is 0.352 e. The second-order valence-corrected chi connectivity index (χ2v) is 4.97.